The standard InChI is InChI=1S/C11H9N3O3/c12-14-13-10(15)5-4-8-2-1-3-9-11(8)17-7-6-16-9/h1-5H,6-7H2/b5-4+. The fraction of sp³-hybridized carbons (Fsp3) is 0.182. The lowest BCUT2D eigenvalue weighted by Crippen LogP contribution is -2.15. The Kier molecular flexibility index (Phi) is 3.28. The van der Waals surface area contributed by atoms with Gasteiger partial charge < -0.3 is 9.47 Å². The van der Waals surface area contributed by atoms with Gasteiger partial charge in [-0.2, -0.15) is 0 Å². The van der Waals surface area contributed by atoms with Gasteiger partial charge in [-0.1, -0.05) is 12.1 Å². The highest BCUT2D eigenvalue weighted by atomic mass is 16.6. The molecule has 17 heavy (non-hydrogen) atoms. The molecule has 0 fully saturated rings. The molecule has 1 aliphatic heterocycles. The summed E-state index contributed by atoms with van der Waals surface area (Å²) in [6.45, 7) is 0.986. The van der Waals surface area contributed by atoms with Crippen molar-refractivity contribution in [2.45, 2.75) is 0 Å². The topological polar surface area (TPSA) is 84.3 Å². The molecular formula is C11H9N3O3. The Morgan fingerprint density at radius 3 is 3.06 bits per heavy atom. The molecule has 0 radical (unpaired) electrons. The fourth-order valence-electron chi connectivity index (χ4n) is 1.47. The highest BCUT2D eigenvalue weighted by Gasteiger charge is 2.13. The van der Waals surface area contributed by atoms with E-state index in [9.17, 15) is 4.79 Å². The van der Waals surface area contributed by atoms with Crippen LogP contribution in [-0.4, -0.2) is 19.1 Å². The summed E-state index contributed by atoms with van der Waals surface area (Å²) < 4.78 is 10.8. The van der Waals surface area contributed by atoms with Gasteiger partial charge in [-0.15, -0.1) is 0 Å². The van der Waals surface area contributed by atoms with Crippen LogP contribution in [0.5, 0.6) is 11.5 Å². The number of ether oxygens (including phenoxy) is 2. The van der Waals surface area contributed by atoms with Crippen molar-refractivity contribution in [3.05, 3.63) is 40.3 Å². The molecule has 0 aliphatic carbocycles. The number of rotatable bonds is 2. The summed E-state index contributed by atoms with van der Waals surface area (Å²) in [5, 5.41) is 2.93. The van der Waals surface area contributed by atoms with E-state index in [4.69, 9.17) is 15.0 Å². The second kappa shape index (κ2) is 5.05. The molecule has 0 atom stereocenters. The lowest BCUT2D eigenvalue weighted by atomic mass is 10.1. The van der Waals surface area contributed by atoms with E-state index in [-0.39, 0.29) is 0 Å². The molecule has 0 aromatic heterocycles. The highest BCUT2D eigenvalue weighted by molar-refractivity contribution is 5.92. The van der Waals surface area contributed by atoms with Gasteiger partial charge in [0, 0.05) is 10.5 Å². The number of hydrogen-bond donors (Lipinski definition) is 0. The molecule has 86 valence electrons. The molecule has 0 N–H and O–H groups in total. The van der Waals surface area contributed by atoms with Gasteiger partial charge in [0.25, 0.3) is 0 Å². The minimum atomic E-state index is -0.651. The van der Waals surface area contributed by atoms with Gasteiger partial charge in [0.05, 0.1) is 0 Å². The van der Waals surface area contributed by atoms with Gasteiger partial charge in [0.2, 0.25) is 5.91 Å². The Morgan fingerprint density at radius 1 is 1.41 bits per heavy atom. The van der Waals surface area contributed by atoms with Crippen molar-refractivity contribution in [1.82, 2.24) is 0 Å². The Morgan fingerprint density at radius 2 is 2.24 bits per heavy atom. The first kappa shape index (κ1) is 11.0. The zero-order chi connectivity index (χ0) is 12.1. The molecule has 1 aromatic carbocycles. The lowest BCUT2D eigenvalue weighted by molar-refractivity contribution is -0.113. The number of nitrogens with zero attached hydrogens (tertiary/aromatic N) is 3. The largest absolute Gasteiger partial charge is 0.486 e. The summed E-state index contributed by atoms with van der Waals surface area (Å²) in [5.41, 5.74) is 8.80. The van der Waals surface area contributed by atoms with Crippen molar-refractivity contribution in [3.8, 4) is 11.5 Å². The molecule has 1 aromatic rings. The summed E-state index contributed by atoms with van der Waals surface area (Å²) in [5.74, 6) is 0.597. The first-order chi connectivity index (χ1) is 8.31. The molecule has 0 bridgehead atoms. The van der Waals surface area contributed by atoms with Crippen LogP contribution in [0.25, 0.3) is 16.5 Å². The van der Waals surface area contributed by atoms with E-state index in [2.05, 4.69) is 10.0 Å². The van der Waals surface area contributed by atoms with E-state index >= 15 is 0 Å². The Labute approximate surface area is 97.1 Å². The van der Waals surface area contributed by atoms with Crippen LogP contribution >= 0.6 is 0 Å². The summed E-state index contributed by atoms with van der Waals surface area (Å²) in [7, 11) is 0. The van der Waals surface area contributed by atoms with Gasteiger partial charge in [-0.3, -0.25) is 4.79 Å². The Bertz CT molecular complexity index is 519. The maximum atomic E-state index is 11.0. The predicted molar refractivity (Wildman–Crippen MR) is 60.6 cm³/mol. The Hall–Kier alpha value is -2.46. The van der Waals surface area contributed by atoms with Crippen molar-refractivity contribution in [1.29, 1.82) is 0 Å². The van der Waals surface area contributed by atoms with E-state index in [1.54, 1.807) is 18.2 Å². The number of carbonyl (C=O) groups excluding carboxylic acids is 1. The quantitative estimate of drug-likeness (QED) is 0.339. The zero-order valence-electron chi connectivity index (χ0n) is 8.87. The van der Waals surface area contributed by atoms with Crippen LogP contribution in [0, 0.1) is 0 Å². The highest BCUT2D eigenvalue weighted by Crippen LogP contribution is 2.34. The maximum absolute atomic E-state index is 11.0. The van der Waals surface area contributed by atoms with Gasteiger partial charge in [0.1, 0.15) is 13.2 Å². The molecule has 6 heteroatoms. The fourth-order valence-corrected chi connectivity index (χ4v) is 1.47. The first-order valence-electron chi connectivity index (χ1n) is 4.97. The van der Waals surface area contributed by atoms with E-state index in [1.165, 1.54) is 12.2 Å². The van der Waals surface area contributed by atoms with Gasteiger partial charge >= 0.3 is 0 Å². The normalized spacial score (nSPS) is 13.2. The van der Waals surface area contributed by atoms with E-state index < -0.39 is 5.91 Å². The summed E-state index contributed by atoms with van der Waals surface area (Å²) in [4.78, 5) is 13.4. The van der Waals surface area contributed by atoms with Crippen LogP contribution in [-0.2, 0) is 4.79 Å². The minimum absolute atomic E-state index is 0.474. The van der Waals surface area contributed by atoms with E-state index in [0.717, 1.165) is 0 Å². The second-order valence-corrected chi connectivity index (χ2v) is 3.23. The van der Waals surface area contributed by atoms with Crippen molar-refractivity contribution < 1.29 is 14.3 Å². The number of para-hydroxylation sites is 1. The third kappa shape index (κ3) is 2.56. The smallest absolute Gasteiger partial charge is 0.242 e. The zero-order valence-corrected chi connectivity index (χ0v) is 8.87. The number of benzene rings is 1. The molecule has 0 saturated carbocycles. The van der Waals surface area contributed by atoms with Crippen LogP contribution < -0.4 is 9.47 Å². The molecule has 1 aliphatic rings. The van der Waals surface area contributed by atoms with Crippen molar-refractivity contribution in [3.63, 3.8) is 0 Å². The van der Waals surface area contributed by atoms with Gasteiger partial charge in [0.15, 0.2) is 11.5 Å². The first-order valence-corrected chi connectivity index (χ1v) is 4.97. The van der Waals surface area contributed by atoms with Crippen LogP contribution in [0.1, 0.15) is 5.56 Å². The number of azide groups is 1. The van der Waals surface area contributed by atoms with Gasteiger partial charge in [-0.05, 0) is 28.9 Å². The maximum Gasteiger partial charge on any atom is 0.242 e. The summed E-state index contributed by atoms with van der Waals surface area (Å²) in [6, 6.07) is 5.37. The molecule has 2 rings (SSSR count). The molecule has 0 spiro atoms. The lowest BCUT2D eigenvalue weighted by Gasteiger charge is -2.19. The molecule has 1 heterocycles. The molecule has 0 unspecified atom stereocenters. The third-order valence-electron chi connectivity index (χ3n) is 2.15. The monoisotopic (exact) mass is 231 g/mol. The van der Waals surface area contributed by atoms with Gasteiger partial charge in [-0.25, -0.2) is 0 Å². The van der Waals surface area contributed by atoms with Crippen molar-refractivity contribution in [2.24, 2.45) is 5.11 Å². The van der Waals surface area contributed by atoms with Crippen LogP contribution in [0.3, 0.4) is 0 Å². The number of amides is 1. The van der Waals surface area contributed by atoms with Crippen molar-refractivity contribution in [2.75, 3.05) is 13.2 Å². The molecule has 1 amide bonds. The predicted octanol–water partition coefficient (Wildman–Crippen LogP) is 2.31. The molecule has 6 nitrogen and oxygen atoms in total. The third-order valence-corrected chi connectivity index (χ3v) is 2.15. The van der Waals surface area contributed by atoms with Crippen LogP contribution in [0.2, 0.25) is 0 Å². The number of hydrogen-bond acceptors (Lipinski definition) is 3. The van der Waals surface area contributed by atoms with Crippen molar-refractivity contribution >= 4 is 12.0 Å². The molecule has 0 saturated heterocycles. The van der Waals surface area contributed by atoms with E-state index in [1.807, 2.05) is 0 Å². The average molecular weight is 231 g/mol. The van der Waals surface area contributed by atoms with E-state index in [0.29, 0.717) is 30.3 Å². The summed E-state index contributed by atoms with van der Waals surface area (Å²) in [6.07, 6.45) is 2.72. The average Bonchev–Trinajstić information content (AvgIpc) is 2.36. The SMILES string of the molecule is [N-]=[N+]=NC(=O)/C=C/c1cccc2c1OCCO2. The number of carbonyl (C=O) groups is 1. The molecular weight excluding hydrogens is 222 g/mol. The van der Waals surface area contributed by atoms with Crippen LogP contribution in [0.15, 0.2) is 29.4 Å². The summed E-state index contributed by atoms with van der Waals surface area (Å²) >= 11 is 0. The Balaban J connectivity index is 2.27. The number of fused-ring (bicyclic) bond motifs is 1. The van der Waals surface area contributed by atoms with Crippen LogP contribution in [0.4, 0.5) is 0 Å². The minimum Gasteiger partial charge on any atom is -0.486 e. The second-order valence-electron chi connectivity index (χ2n) is 3.23.